The fraction of sp³-hybridized carbons (Fsp3) is 0.312. The lowest BCUT2D eigenvalue weighted by molar-refractivity contribution is -0.135. The predicted molar refractivity (Wildman–Crippen MR) is 170 cm³/mol. The van der Waals surface area contributed by atoms with Crippen LogP contribution in [0, 0.1) is 17.1 Å². The van der Waals surface area contributed by atoms with Gasteiger partial charge < -0.3 is 20.4 Å². The number of carbonyl (C=O) groups excluding carboxylic acids is 1. The molecule has 2 saturated heterocycles. The van der Waals surface area contributed by atoms with E-state index in [0.29, 0.717) is 45.6 Å². The number of benzene rings is 1. The number of imidazole rings is 1. The predicted octanol–water partition coefficient (Wildman–Crippen LogP) is 3.57. The summed E-state index contributed by atoms with van der Waals surface area (Å²) in [5, 5.41) is 17.3. The highest BCUT2D eigenvalue weighted by atomic mass is 32.1. The summed E-state index contributed by atoms with van der Waals surface area (Å²) in [4.78, 5) is 35.6. The number of aryl methyl sites for hydroxylation is 1. The molecule has 7 rings (SSSR count). The first-order valence-corrected chi connectivity index (χ1v) is 15.7. The molecule has 228 valence electrons. The molecule has 45 heavy (non-hydrogen) atoms. The number of halogens is 1. The van der Waals surface area contributed by atoms with Crippen molar-refractivity contribution in [1.82, 2.24) is 39.9 Å². The van der Waals surface area contributed by atoms with Crippen LogP contribution in [0.15, 0.2) is 55.0 Å². The molecule has 0 unspecified atom stereocenters. The number of hydrogen-bond donors (Lipinski definition) is 2. The van der Waals surface area contributed by atoms with Crippen molar-refractivity contribution in [2.45, 2.75) is 31.8 Å². The van der Waals surface area contributed by atoms with Crippen molar-refractivity contribution >= 4 is 33.8 Å². The number of nitriles is 1. The molecule has 2 aliphatic rings. The highest BCUT2D eigenvalue weighted by Gasteiger charge is 2.33. The summed E-state index contributed by atoms with van der Waals surface area (Å²) in [6.45, 7) is 5.47. The summed E-state index contributed by atoms with van der Waals surface area (Å²) in [6.07, 6.45) is 6.34. The fourth-order valence-electron chi connectivity index (χ4n) is 5.64. The fourth-order valence-corrected chi connectivity index (χ4v) is 6.48. The zero-order valence-electron chi connectivity index (χ0n) is 24.9. The van der Waals surface area contributed by atoms with Gasteiger partial charge in [0.2, 0.25) is 5.91 Å². The molecule has 4 aromatic heterocycles. The number of rotatable bonds is 9. The Balaban J connectivity index is 1.11. The van der Waals surface area contributed by atoms with Gasteiger partial charge in [0.05, 0.1) is 12.1 Å². The molecule has 2 N–H and O–H groups in total. The lowest BCUT2D eigenvalue weighted by Gasteiger charge is -2.43. The molecule has 1 aromatic carbocycles. The maximum absolute atomic E-state index is 13.5. The van der Waals surface area contributed by atoms with Gasteiger partial charge in [-0.25, -0.2) is 24.3 Å². The Morgan fingerprint density at radius 1 is 1.09 bits per heavy atom. The second-order valence-electron chi connectivity index (χ2n) is 11.3. The first-order valence-electron chi connectivity index (χ1n) is 14.9. The van der Waals surface area contributed by atoms with Crippen molar-refractivity contribution in [3.63, 3.8) is 0 Å². The Morgan fingerprint density at radius 2 is 1.82 bits per heavy atom. The highest BCUT2D eigenvalue weighted by Crippen LogP contribution is 2.37. The Morgan fingerprint density at radius 3 is 2.49 bits per heavy atom. The van der Waals surface area contributed by atoms with E-state index >= 15 is 0 Å². The first kappa shape index (κ1) is 29.0. The molecule has 0 bridgehead atoms. The topological polar surface area (TPSA) is 127 Å². The first-order chi connectivity index (χ1) is 21.9. The standard InChI is InChI=1S/C32H31FN10OS/c1-3-25-31(41(2)32-40-30(26(11-34)45-32)19-4-7-22(33)8-5-19)43-16-20(6-9-28(43)39-25)21-12-36-27(37-13-21)10-29(44)42-17-24(18-42)38-23-14-35-15-23/h4-9,12-13,16,23-24,35,38H,3,10,14-15,17-18H2,1-2H3. The van der Waals surface area contributed by atoms with Gasteiger partial charge in [-0.15, -0.1) is 0 Å². The number of amides is 1. The summed E-state index contributed by atoms with van der Waals surface area (Å²) < 4.78 is 15.5. The third-order valence-electron chi connectivity index (χ3n) is 8.27. The van der Waals surface area contributed by atoms with E-state index in [9.17, 15) is 14.4 Å². The molecule has 0 spiro atoms. The maximum Gasteiger partial charge on any atom is 0.230 e. The Bertz CT molecular complexity index is 1900. The molecule has 1 amide bonds. The van der Waals surface area contributed by atoms with Crippen molar-refractivity contribution in [2.75, 3.05) is 38.1 Å². The molecule has 5 aromatic rings. The van der Waals surface area contributed by atoms with Crippen LogP contribution in [0.5, 0.6) is 0 Å². The van der Waals surface area contributed by atoms with Crippen molar-refractivity contribution in [2.24, 2.45) is 0 Å². The van der Waals surface area contributed by atoms with Crippen molar-refractivity contribution in [1.29, 1.82) is 5.26 Å². The van der Waals surface area contributed by atoms with Crippen LogP contribution < -0.4 is 15.5 Å². The van der Waals surface area contributed by atoms with Gasteiger partial charge in [-0.1, -0.05) is 18.3 Å². The second kappa shape index (κ2) is 12.0. The van der Waals surface area contributed by atoms with Gasteiger partial charge in [0.15, 0.2) is 5.13 Å². The zero-order chi connectivity index (χ0) is 31.1. The average Bonchev–Trinajstić information content (AvgIpc) is 3.61. The summed E-state index contributed by atoms with van der Waals surface area (Å²) in [6, 6.07) is 13.0. The van der Waals surface area contributed by atoms with E-state index in [-0.39, 0.29) is 18.1 Å². The minimum atomic E-state index is -0.345. The lowest BCUT2D eigenvalue weighted by atomic mass is 10.0. The quantitative estimate of drug-likeness (QED) is 0.254. The van der Waals surface area contributed by atoms with Crippen LogP contribution in [0.1, 0.15) is 23.3 Å². The number of aromatic nitrogens is 5. The number of fused-ring (bicyclic) bond motifs is 1. The van der Waals surface area contributed by atoms with Gasteiger partial charge in [-0.2, -0.15) is 5.26 Å². The van der Waals surface area contributed by atoms with Gasteiger partial charge in [0.25, 0.3) is 0 Å². The lowest BCUT2D eigenvalue weighted by Crippen LogP contribution is -2.67. The van der Waals surface area contributed by atoms with E-state index in [1.54, 1.807) is 24.5 Å². The SMILES string of the molecule is CCc1nc2ccc(-c3cnc(CC(=O)N4CC(NC5CNC5)C4)nc3)cn2c1N(C)c1nc(-c2ccc(F)cc2)c(C#N)s1. The molecular formula is C32H31FN10OS. The van der Waals surface area contributed by atoms with E-state index in [2.05, 4.69) is 26.7 Å². The van der Waals surface area contributed by atoms with E-state index in [4.69, 9.17) is 9.97 Å². The summed E-state index contributed by atoms with van der Waals surface area (Å²) in [7, 11) is 1.90. The number of carbonyl (C=O) groups is 1. The maximum atomic E-state index is 13.5. The summed E-state index contributed by atoms with van der Waals surface area (Å²) >= 11 is 1.28. The largest absolute Gasteiger partial charge is 0.339 e. The van der Waals surface area contributed by atoms with Crippen LogP contribution in [0.25, 0.3) is 28.0 Å². The zero-order valence-corrected chi connectivity index (χ0v) is 25.7. The van der Waals surface area contributed by atoms with Gasteiger partial charge >= 0.3 is 0 Å². The minimum absolute atomic E-state index is 0.0384. The van der Waals surface area contributed by atoms with Crippen molar-refractivity contribution in [3.05, 3.63) is 77.2 Å². The average molecular weight is 623 g/mol. The number of pyridine rings is 1. The van der Waals surface area contributed by atoms with E-state index in [0.717, 1.165) is 54.5 Å². The number of hydrogen-bond acceptors (Lipinski definition) is 10. The molecule has 0 aliphatic carbocycles. The molecular weight excluding hydrogens is 591 g/mol. The summed E-state index contributed by atoms with van der Waals surface area (Å²) in [5.41, 5.74) is 4.55. The van der Waals surface area contributed by atoms with Crippen molar-refractivity contribution < 1.29 is 9.18 Å². The molecule has 0 atom stereocenters. The number of anilines is 2. The third-order valence-corrected chi connectivity index (χ3v) is 9.31. The Hall–Kier alpha value is -4.77. The molecule has 6 heterocycles. The Kier molecular flexibility index (Phi) is 7.70. The van der Waals surface area contributed by atoms with Gasteiger partial charge in [0, 0.05) is 80.6 Å². The second-order valence-corrected chi connectivity index (χ2v) is 12.3. The highest BCUT2D eigenvalue weighted by molar-refractivity contribution is 7.16. The monoisotopic (exact) mass is 622 g/mol. The molecule has 13 heteroatoms. The number of nitrogens with one attached hydrogen (secondary N) is 2. The van der Waals surface area contributed by atoms with Crippen molar-refractivity contribution in [3.8, 4) is 28.5 Å². The van der Waals surface area contributed by atoms with Gasteiger partial charge in [-0.05, 0) is 42.8 Å². The smallest absolute Gasteiger partial charge is 0.230 e. The number of thiazole rings is 1. The third kappa shape index (κ3) is 5.64. The molecule has 2 fully saturated rings. The van der Waals surface area contributed by atoms with Crippen LogP contribution in [-0.4, -0.2) is 80.5 Å². The van der Waals surface area contributed by atoms with Gasteiger partial charge in [-0.3, -0.25) is 9.20 Å². The van der Waals surface area contributed by atoms with E-state index in [1.165, 1.54) is 23.5 Å². The Labute approximate surface area is 263 Å². The van der Waals surface area contributed by atoms with Crippen LogP contribution in [0.4, 0.5) is 15.3 Å². The molecule has 0 radical (unpaired) electrons. The minimum Gasteiger partial charge on any atom is -0.339 e. The van der Waals surface area contributed by atoms with Crippen LogP contribution >= 0.6 is 11.3 Å². The van der Waals surface area contributed by atoms with E-state index in [1.807, 2.05) is 46.5 Å². The summed E-state index contributed by atoms with van der Waals surface area (Å²) in [5.74, 6) is 1.02. The normalized spacial score (nSPS) is 15.1. The molecule has 2 aliphatic heterocycles. The van der Waals surface area contributed by atoms with Gasteiger partial charge in [0.1, 0.15) is 39.7 Å². The number of nitrogens with zero attached hydrogens (tertiary/aromatic N) is 8. The van der Waals surface area contributed by atoms with Crippen LogP contribution in [0.2, 0.25) is 0 Å². The van der Waals surface area contributed by atoms with E-state index < -0.39 is 0 Å². The molecule has 11 nitrogen and oxygen atoms in total. The number of likely N-dealkylation sites (tertiary alicyclic amines) is 1. The molecule has 0 saturated carbocycles. The van der Waals surface area contributed by atoms with Crippen LogP contribution in [0.3, 0.4) is 0 Å². The van der Waals surface area contributed by atoms with Crippen LogP contribution in [-0.2, 0) is 17.6 Å².